The van der Waals surface area contributed by atoms with Gasteiger partial charge in [0.05, 0.1) is 11.9 Å². The van der Waals surface area contributed by atoms with Crippen molar-refractivity contribution in [1.29, 1.82) is 0 Å². The number of benzene rings is 1. The van der Waals surface area contributed by atoms with Crippen LogP contribution in [0.3, 0.4) is 0 Å². The summed E-state index contributed by atoms with van der Waals surface area (Å²) in [5.74, 6) is 0.635. The Bertz CT molecular complexity index is 905. The average Bonchev–Trinajstić information content (AvgIpc) is 3.22. The van der Waals surface area contributed by atoms with Crippen molar-refractivity contribution < 1.29 is 9.53 Å². The van der Waals surface area contributed by atoms with E-state index in [-0.39, 0.29) is 6.09 Å². The monoisotopic (exact) mass is 409 g/mol. The summed E-state index contributed by atoms with van der Waals surface area (Å²) in [6.45, 7) is 7.15. The van der Waals surface area contributed by atoms with Gasteiger partial charge in [0.25, 0.3) is 0 Å². The minimum absolute atomic E-state index is 0.390. The Labute approximate surface area is 177 Å². The molecule has 1 aromatic heterocycles. The zero-order valence-electron chi connectivity index (χ0n) is 17.7. The molecule has 0 radical (unpaired) electrons. The lowest BCUT2D eigenvalue weighted by Crippen LogP contribution is -2.55. The summed E-state index contributed by atoms with van der Waals surface area (Å²) in [6, 6.07) is 7.34. The van der Waals surface area contributed by atoms with E-state index in [0.29, 0.717) is 18.3 Å². The Morgan fingerprint density at radius 3 is 2.90 bits per heavy atom. The highest BCUT2D eigenvalue weighted by Gasteiger charge is 2.30. The molecule has 1 saturated carbocycles. The van der Waals surface area contributed by atoms with E-state index in [1.165, 1.54) is 37.7 Å². The van der Waals surface area contributed by atoms with Gasteiger partial charge in [0.15, 0.2) is 0 Å². The van der Waals surface area contributed by atoms with Crippen LogP contribution >= 0.6 is 0 Å². The molecule has 1 aromatic carbocycles. The number of piperazine rings is 1. The van der Waals surface area contributed by atoms with Crippen molar-refractivity contribution in [2.45, 2.75) is 64.2 Å². The first-order chi connectivity index (χ1) is 14.7. The number of ether oxygens (including phenoxy) is 1. The number of H-pyrrole nitrogens is 1. The molecule has 5 rings (SSSR count). The summed E-state index contributed by atoms with van der Waals surface area (Å²) in [6.07, 6.45) is 8.51. The number of aromatic amines is 1. The molecule has 0 unspecified atom stereocenters. The summed E-state index contributed by atoms with van der Waals surface area (Å²) < 4.78 is 5.24. The van der Waals surface area contributed by atoms with Gasteiger partial charge in [-0.05, 0) is 38.0 Å². The van der Waals surface area contributed by atoms with Gasteiger partial charge in [0, 0.05) is 61.5 Å². The number of nitrogens with zero attached hydrogens (tertiary/aromatic N) is 3. The fourth-order valence-electron chi connectivity index (χ4n) is 5.34. The molecule has 1 amide bonds. The lowest BCUT2D eigenvalue weighted by atomic mass is 9.92. The van der Waals surface area contributed by atoms with Gasteiger partial charge in [-0.1, -0.05) is 19.3 Å². The predicted molar refractivity (Wildman–Crippen MR) is 115 cm³/mol. The molecule has 1 atom stereocenters. The number of hydrogen-bond acceptors (Lipinski definition) is 5. The summed E-state index contributed by atoms with van der Waals surface area (Å²) in [7, 11) is 0. The van der Waals surface area contributed by atoms with Crippen molar-refractivity contribution in [2.24, 2.45) is 0 Å². The minimum Gasteiger partial charge on any atom is -0.410 e. The van der Waals surface area contributed by atoms with Crippen LogP contribution in [0.2, 0.25) is 0 Å². The second-order valence-corrected chi connectivity index (χ2v) is 8.95. The Morgan fingerprint density at radius 2 is 2.07 bits per heavy atom. The van der Waals surface area contributed by atoms with Crippen LogP contribution in [0.15, 0.2) is 24.4 Å². The Kier molecular flexibility index (Phi) is 5.48. The van der Waals surface area contributed by atoms with Gasteiger partial charge in [0.1, 0.15) is 5.75 Å². The molecule has 1 saturated heterocycles. The Hall–Kier alpha value is -2.38. The van der Waals surface area contributed by atoms with Crippen LogP contribution in [0.1, 0.15) is 50.2 Å². The van der Waals surface area contributed by atoms with Crippen molar-refractivity contribution in [3.05, 3.63) is 35.5 Å². The maximum Gasteiger partial charge on any atom is 0.412 e. The zero-order chi connectivity index (χ0) is 20.5. The van der Waals surface area contributed by atoms with Gasteiger partial charge in [0.2, 0.25) is 0 Å². The molecule has 3 heterocycles. The van der Waals surface area contributed by atoms with Gasteiger partial charge in [-0.25, -0.2) is 4.79 Å². The number of rotatable bonds is 4. The highest BCUT2D eigenvalue weighted by Crippen LogP contribution is 2.31. The second kappa shape index (κ2) is 8.40. The van der Waals surface area contributed by atoms with Crippen LogP contribution in [0.4, 0.5) is 4.79 Å². The fourth-order valence-corrected chi connectivity index (χ4v) is 5.34. The number of amides is 1. The maximum atomic E-state index is 11.4. The second-order valence-electron chi connectivity index (χ2n) is 8.95. The molecule has 160 valence electrons. The summed E-state index contributed by atoms with van der Waals surface area (Å²) >= 11 is 0. The molecule has 0 bridgehead atoms. The van der Waals surface area contributed by atoms with Crippen molar-refractivity contribution in [3.63, 3.8) is 0 Å². The van der Waals surface area contributed by atoms with Gasteiger partial charge in [-0.3, -0.25) is 14.9 Å². The minimum atomic E-state index is -0.390. The van der Waals surface area contributed by atoms with E-state index in [9.17, 15) is 4.79 Å². The van der Waals surface area contributed by atoms with Crippen molar-refractivity contribution in [1.82, 2.24) is 25.3 Å². The SMILES string of the molecule is C[C@H]1CN(Cc2cn[nH]c2-c2ccc3c(c2)CNC(=O)O3)CCN1C1CCCCC1. The molecule has 7 nitrogen and oxygen atoms in total. The van der Waals surface area contributed by atoms with Crippen LogP contribution in [-0.4, -0.2) is 57.8 Å². The van der Waals surface area contributed by atoms with E-state index in [1.807, 2.05) is 18.3 Å². The summed E-state index contributed by atoms with van der Waals surface area (Å²) in [5, 5.41) is 10.2. The number of fused-ring (bicyclic) bond motifs is 1. The van der Waals surface area contributed by atoms with E-state index in [1.54, 1.807) is 0 Å². The van der Waals surface area contributed by atoms with Crippen molar-refractivity contribution in [3.8, 4) is 17.0 Å². The predicted octanol–water partition coefficient (Wildman–Crippen LogP) is 3.52. The van der Waals surface area contributed by atoms with Crippen molar-refractivity contribution >= 4 is 6.09 Å². The molecule has 3 aliphatic rings. The number of aromatic nitrogens is 2. The summed E-state index contributed by atoms with van der Waals surface area (Å²) in [4.78, 5) is 16.7. The third-order valence-corrected chi connectivity index (χ3v) is 6.89. The third-order valence-electron chi connectivity index (χ3n) is 6.89. The first kappa shape index (κ1) is 19.6. The molecule has 30 heavy (non-hydrogen) atoms. The molecule has 2 aromatic rings. The Balaban J connectivity index is 1.26. The van der Waals surface area contributed by atoms with E-state index in [4.69, 9.17) is 4.74 Å². The van der Waals surface area contributed by atoms with Gasteiger partial charge in [-0.15, -0.1) is 0 Å². The fraction of sp³-hybridized carbons (Fsp3) is 0.565. The van der Waals surface area contributed by atoms with E-state index < -0.39 is 0 Å². The Morgan fingerprint density at radius 1 is 1.20 bits per heavy atom. The van der Waals surface area contributed by atoms with E-state index in [2.05, 4.69) is 38.3 Å². The number of hydrogen-bond donors (Lipinski definition) is 2. The molecule has 2 N–H and O–H groups in total. The van der Waals surface area contributed by atoms with Gasteiger partial charge in [-0.2, -0.15) is 5.10 Å². The molecule has 0 spiro atoms. The number of carbonyl (C=O) groups excluding carboxylic acids is 1. The maximum absolute atomic E-state index is 11.4. The largest absolute Gasteiger partial charge is 0.412 e. The van der Waals surface area contributed by atoms with Crippen LogP contribution in [0.25, 0.3) is 11.3 Å². The topological polar surface area (TPSA) is 73.5 Å². The molecular formula is C23H31N5O2. The molecule has 2 aliphatic heterocycles. The highest BCUT2D eigenvalue weighted by molar-refractivity contribution is 5.74. The van der Waals surface area contributed by atoms with Gasteiger partial charge < -0.3 is 10.1 Å². The molecular weight excluding hydrogens is 378 g/mol. The van der Waals surface area contributed by atoms with Crippen molar-refractivity contribution in [2.75, 3.05) is 19.6 Å². The first-order valence-electron chi connectivity index (χ1n) is 11.3. The summed E-state index contributed by atoms with van der Waals surface area (Å²) in [5.41, 5.74) is 4.34. The van der Waals surface area contributed by atoms with Crippen LogP contribution in [-0.2, 0) is 13.1 Å². The van der Waals surface area contributed by atoms with Crippen LogP contribution < -0.4 is 10.1 Å². The number of carbonyl (C=O) groups is 1. The molecule has 2 fully saturated rings. The molecule has 7 heteroatoms. The molecule has 1 aliphatic carbocycles. The van der Waals surface area contributed by atoms with E-state index >= 15 is 0 Å². The highest BCUT2D eigenvalue weighted by atomic mass is 16.6. The standard InChI is InChI=1S/C23H31N5O2/c1-16-14-27(9-10-28(16)20-5-3-2-4-6-20)15-19-13-25-26-22(19)17-7-8-21-18(11-17)12-24-23(29)30-21/h7-8,11,13,16,20H,2-6,9-10,12,14-15H2,1H3,(H,24,29)(H,25,26)/t16-/m0/s1. The number of nitrogens with one attached hydrogen (secondary N) is 2. The quantitative estimate of drug-likeness (QED) is 0.808. The normalized spacial score (nSPS) is 23.6. The van der Waals surface area contributed by atoms with Gasteiger partial charge >= 0.3 is 6.09 Å². The third kappa shape index (κ3) is 3.96. The lowest BCUT2D eigenvalue weighted by molar-refractivity contribution is 0.0322. The van der Waals surface area contributed by atoms with E-state index in [0.717, 1.165) is 49.0 Å². The first-order valence-corrected chi connectivity index (χ1v) is 11.3. The average molecular weight is 410 g/mol. The smallest absolute Gasteiger partial charge is 0.410 e. The van der Waals surface area contributed by atoms with Crippen LogP contribution in [0, 0.1) is 0 Å². The lowest BCUT2D eigenvalue weighted by Gasteiger charge is -2.45. The van der Waals surface area contributed by atoms with Crippen LogP contribution in [0.5, 0.6) is 5.75 Å². The zero-order valence-corrected chi connectivity index (χ0v) is 17.7.